The fourth-order valence-electron chi connectivity index (χ4n) is 2.80. The zero-order valence-corrected chi connectivity index (χ0v) is 12.8. The predicted octanol–water partition coefficient (Wildman–Crippen LogP) is 2.15. The van der Waals surface area contributed by atoms with E-state index >= 15 is 0 Å². The summed E-state index contributed by atoms with van der Waals surface area (Å²) >= 11 is 2.02. The quantitative estimate of drug-likeness (QED) is 0.865. The Labute approximate surface area is 121 Å². The SMILES string of the molecule is CCSC1CCCCN(C(=O)C2CCNC2)C1.Cl. The van der Waals surface area contributed by atoms with Crippen LogP contribution in [0.3, 0.4) is 0 Å². The normalized spacial score (nSPS) is 28.6. The monoisotopic (exact) mass is 292 g/mol. The number of carbonyl (C=O) groups excluding carboxylic acids is 1. The lowest BCUT2D eigenvalue weighted by atomic mass is 10.1. The Hall–Kier alpha value is 0.0700. The van der Waals surface area contributed by atoms with Crippen LogP contribution in [-0.4, -0.2) is 48.0 Å². The van der Waals surface area contributed by atoms with E-state index in [4.69, 9.17) is 0 Å². The predicted molar refractivity (Wildman–Crippen MR) is 80.6 cm³/mol. The molecule has 2 unspecified atom stereocenters. The van der Waals surface area contributed by atoms with Crippen molar-refractivity contribution in [3.63, 3.8) is 0 Å². The molecule has 2 rings (SSSR count). The molecule has 0 radical (unpaired) electrons. The Kier molecular flexibility index (Phi) is 7.42. The zero-order valence-electron chi connectivity index (χ0n) is 11.2. The van der Waals surface area contributed by atoms with Gasteiger partial charge in [0.15, 0.2) is 0 Å². The number of hydrogen-bond donors (Lipinski definition) is 1. The van der Waals surface area contributed by atoms with E-state index < -0.39 is 0 Å². The van der Waals surface area contributed by atoms with Gasteiger partial charge in [0.05, 0.1) is 5.92 Å². The van der Waals surface area contributed by atoms with Crippen molar-refractivity contribution < 1.29 is 4.79 Å². The number of thioether (sulfide) groups is 1. The summed E-state index contributed by atoms with van der Waals surface area (Å²) in [6.07, 6.45) is 4.78. The summed E-state index contributed by atoms with van der Waals surface area (Å²) in [5.74, 6) is 1.82. The van der Waals surface area contributed by atoms with Gasteiger partial charge in [0, 0.05) is 24.9 Å². The second-order valence-corrected chi connectivity index (χ2v) is 6.62. The third kappa shape index (κ3) is 4.32. The first-order valence-corrected chi connectivity index (χ1v) is 7.97. The summed E-state index contributed by atoms with van der Waals surface area (Å²) in [5, 5.41) is 3.96. The molecule has 1 N–H and O–H groups in total. The van der Waals surface area contributed by atoms with Crippen molar-refractivity contribution in [2.45, 2.75) is 37.9 Å². The van der Waals surface area contributed by atoms with Crippen LogP contribution in [0, 0.1) is 5.92 Å². The van der Waals surface area contributed by atoms with E-state index in [9.17, 15) is 4.79 Å². The van der Waals surface area contributed by atoms with Gasteiger partial charge in [-0.05, 0) is 31.6 Å². The Morgan fingerprint density at radius 3 is 2.89 bits per heavy atom. The smallest absolute Gasteiger partial charge is 0.227 e. The van der Waals surface area contributed by atoms with Gasteiger partial charge in [0.25, 0.3) is 0 Å². The summed E-state index contributed by atoms with van der Waals surface area (Å²) in [6, 6.07) is 0. The topological polar surface area (TPSA) is 32.3 Å². The molecule has 18 heavy (non-hydrogen) atoms. The Morgan fingerprint density at radius 2 is 2.22 bits per heavy atom. The maximum absolute atomic E-state index is 12.4. The number of likely N-dealkylation sites (tertiary alicyclic amines) is 1. The van der Waals surface area contributed by atoms with Crippen molar-refractivity contribution in [3.8, 4) is 0 Å². The van der Waals surface area contributed by atoms with Crippen LogP contribution in [-0.2, 0) is 4.79 Å². The summed E-state index contributed by atoms with van der Waals surface area (Å²) in [4.78, 5) is 14.5. The number of amides is 1. The molecular weight excluding hydrogens is 268 g/mol. The lowest BCUT2D eigenvalue weighted by molar-refractivity contribution is -0.134. The van der Waals surface area contributed by atoms with E-state index in [1.54, 1.807) is 0 Å². The average molecular weight is 293 g/mol. The Bertz CT molecular complexity index is 259. The van der Waals surface area contributed by atoms with Crippen LogP contribution >= 0.6 is 24.2 Å². The maximum atomic E-state index is 12.4. The van der Waals surface area contributed by atoms with Gasteiger partial charge in [-0.1, -0.05) is 13.3 Å². The van der Waals surface area contributed by atoms with Gasteiger partial charge in [0.1, 0.15) is 0 Å². The number of hydrogen-bond acceptors (Lipinski definition) is 3. The highest BCUT2D eigenvalue weighted by Crippen LogP contribution is 2.23. The second-order valence-electron chi connectivity index (χ2n) is 5.05. The van der Waals surface area contributed by atoms with E-state index in [0.29, 0.717) is 11.2 Å². The van der Waals surface area contributed by atoms with E-state index in [1.807, 2.05) is 11.8 Å². The van der Waals surface area contributed by atoms with Crippen LogP contribution in [0.5, 0.6) is 0 Å². The fourth-order valence-corrected chi connectivity index (χ4v) is 3.89. The summed E-state index contributed by atoms with van der Waals surface area (Å²) < 4.78 is 0. The first kappa shape index (κ1) is 16.1. The van der Waals surface area contributed by atoms with Gasteiger partial charge in [-0.15, -0.1) is 12.4 Å². The van der Waals surface area contributed by atoms with Crippen LogP contribution in [0.4, 0.5) is 0 Å². The van der Waals surface area contributed by atoms with Gasteiger partial charge >= 0.3 is 0 Å². The molecule has 0 spiro atoms. The highest BCUT2D eigenvalue weighted by atomic mass is 35.5. The van der Waals surface area contributed by atoms with Crippen molar-refractivity contribution in [1.29, 1.82) is 0 Å². The molecule has 2 atom stereocenters. The van der Waals surface area contributed by atoms with E-state index in [1.165, 1.54) is 19.3 Å². The first-order valence-electron chi connectivity index (χ1n) is 6.92. The molecule has 0 aromatic heterocycles. The average Bonchev–Trinajstić information content (AvgIpc) is 2.76. The Morgan fingerprint density at radius 1 is 1.39 bits per heavy atom. The van der Waals surface area contributed by atoms with E-state index in [2.05, 4.69) is 17.1 Å². The molecule has 2 aliphatic rings. The highest BCUT2D eigenvalue weighted by molar-refractivity contribution is 7.99. The molecule has 2 aliphatic heterocycles. The van der Waals surface area contributed by atoms with Crippen LogP contribution in [0.1, 0.15) is 32.6 Å². The number of rotatable bonds is 3. The van der Waals surface area contributed by atoms with Gasteiger partial charge in [0.2, 0.25) is 5.91 Å². The molecule has 3 nitrogen and oxygen atoms in total. The van der Waals surface area contributed by atoms with Crippen molar-refractivity contribution in [2.75, 3.05) is 31.9 Å². The summed E-state index contributed by atoms with van der Waals surface area (Å²) in [7, 11) is 0. The molecule has 0 saturated carbocycles. The van der Waals surface area contributed by atoms with Crippen molar-refractivity contribution in [3.05, 3.63) is 0 Å². The highest BCUT2D eigenvalue weighted by Gasteiger charge is 2.29. The van der Waals surface area contributed by atoms with E-state index in [0.717, 1.165) is 38.4 Å². The van der Waals surface area contributed by atoms with Gasteiger partial charge < -0.3 is 10.2 Å². The molecule has 0 aromatic carbocycles. The lowest BCUT2D eigenvalue weighted by Crippen LogP contribution is -2.40. The molecule has 2 saturated heterocycles. The van der Waals surface area contributed by atoms with Crippen molar-refractivity contribution >= 4 is 30.1 Å². The fraction of sp³-hybridized carbons (Fsp3) is 0.923. The molecule has 106 valence electrons. The van der Waals surface area contributed by atoms with E-state index in [-0.39, 0.29) is 18.3 Å². The molecular formula is C13H25ClN2OS. The third-order valence-electron chi connectivity index (χ3n) is 3.75. The molecule has 2 heterocycles. The lowest BCUT2D eigenvalue weighted by Gasteiger charge is -2.26. The largest absolute Gasteiger partial charge is 0.341 e. The van der Waals surface area contributed by atoms with Crippen LogP contribution in [0.25, 0.3) is 0 Å². The summed E-state index contributed by atoms with van der Waals surface area (Å²) in [5.41, 5.74) is 0. The molecule has 2 fully saturated rings. The minimum absolute atomic E-state index is 0. The first-order chi connectivity index (χ1) is 8.31. The molecule has 0 aliphatic carbocycles. The maximum Gasteiger partial charge on any atom is 0.227 e. The number of nitrogens with zero attached hydrogens (tertiary/aromatic N) is 1. The number of nitrogens with one attached hydrogen (secondary N) is 1. The van der Waals surface area contributed by atoms with Gasteiger partial charge in [-0.25, -0.2) is 0 Å². The van der Waals surface area contributed by atoms with Crippen molar-refractivity contribution in [1.82, 2.24) is 10.2 Å². The number of halogens is 1. The summed E-state index contributed by atoms with van der Waals surface area (Å²) in [6.45, 7) is 6.07. The van der Waals surface area contributed by atoms with Crippen LogP contribution < -0.4 is 5.32 Å². The molecule has 0 bridgehead atoms. The minimum Gasteiger partial charge on any atom is -0.341 e. The molecule has 1 amide bonds. The zero-order chi connectivity index (χ0) is 12.1. The minimum atomic E-state index is 0. The van der Waals surface area contributed by atoms with Crippen LogP contribution in [0.2, 0.25) is 0 Å². The standard InChI is InChI=1S/C13H24N2OS.ClH/c1-2-17-12-5-3-4-8-15(10-12)13(16)11-6-7-14-9-11;/h11-12,14H,2-10H2,1H3;1H. The number of carbonyl (C=O) groups is 1. The molecule has 0 aromatic rings. The van der Waals surface area contributed by atoms with Crippen LogP contribution in [0.15, 0.2) is 0 Å². The molecule has 5 heteroatoms. The third-order valence-corrected chi connectivity index (χ3v) is 4.94. The van der Waals surface area contributed by atoms with Crippen molar-refractivity contribution in [2.24, 2.45) is 5.92 Å². The van der Waals surface area contributed by atoms with Gasteiger partial charge in [-0.2, -0.15) is 11.8 Å². The Balaban J connectivity index is 0.00000162. The van der Waals surface area contributed by atoms with Gasteiger partial charge in [-0.3, -0.25) is 4.79 Å². The second kappa shape index (κ2) is 8.28.